The summed E-state index contributed by atoms with van der Waals surface area (Å²) in [5.41, 5.74) is 3.64. The Morgan fingerprint density at radius 2 is 1.83 bits per heavy atom. The third kappa shape index (κ3) is 4.93. The molecule has 6 nitrogen and oxygen atoms in total. The van der Waals surface area contributed by atoms with E-state index in [1.807, 2.05) is 63.2 Å². The van der Waals surface area contributed by atoms with Crippen LogP contribution < -0.4 is 20.3 Å². The number of carbonyl (C=O) groups excluding carboxylic acids is 2. The van der Waals surface area contributed by atoms with Crippen molar-refractivity contribution in [3.8, 4) is 5.75 Å². The van der Waals surface area contributed by atoms with Gasteiger partial charge in [-0.15, -0.1) is 0 Å². The van der Waals surface area contributed by atoms with E-state index in [2.05, 4.69) is 15.5 Å². The molecule has 30 heavy (non-hydrogen) atoms. The summed E-state index contributed by atoms with van der Waals surface area (Å²) in [5.74, 6) is 0.644. The number of fused-ring (bicyclic) bond motifs is 1. The minimum Gasteiger partial charge on any atom is -0.496 e. The molecule has 0 radical (unpaired) electrons. The molecule has 1 aliphatic rings. The van der Waals surface area contributed by atoms with Crippen LogP contribution in [0.3, 0.4) is 0 Å². The fourth-order valence-corrected chi connectivity index (χ4v) is 3.98. The van der Waals surface area contributed by atoms with Crippen molar-refractivity contribution in [2.45, 2.75) is 45.7 Å². The van der Waals surface area contributed by atoms with E-state index in [0.29, 0.717) is 5.56 Å². The molecule has 0 saturated carbocycles. The zero-order valence-corrected chi connectivity index (χ0v) is 18.2. The molecule has 0 spiro atoms. The number of para-hydroxylation sites is 1. The normalized spacial score (nSPS) is 14.1. The topological polar surface area (TPSA) is 70.7 Å². The molecule has 1 aliphatic heterocycles. The van der Waals surface area contributed by atoms with Crippen LogP contribution in [0.15, 0.2) is 42.5 Å². The number of ether oxygens (including phenoxy) is 1. The first-order valence-electron chi connectivity index (χ1n) is 10.5. The van der Waals surface area contributed by atoms with Gasteiger partial charge in [0.05, 0.1) is 19.7 Å². The standard InChI is InChI=1S/C24H31N3O3/c1-16(2)25-24(29)20-10-7-12-21-19(20)11-8-14-27(21)15-23(28)26-17(3)18-9-5-6-13-22(18)30-4/h5-7,9-10,12-13,16-17H,8,11,14-15H2,1-4H3,(H,25,29)(H,26,28). The van der Waals surface area contributed by atoms with Crippen molar-refractivity contribution in [3.05, 3.63) is 59.2 Å². The van der Waals surface area contributed by atoms with E-state index in [1.54, 1.807) is 7.11 Å². The molecular formula is C24H31N3O3. The molecule has 2 amide bonds. The fourth-order valence-electron chi connectivity index (χ4n) is 3.98. The molecule has 2 aromatic rings. The summed E-state index contributed by atoms with van der Waals surface area (Å²) < 4.78 is 5.41. The van der Waals surface area contributed by atoms with E-state index in [1.165, 1.54) is 0 Å². The maximum atomic E-state index is 12.8. The lowest BCUT2D eigenvalue weighted by Crippen LogP contribution is -2.41. The van der Waals surface area contributed by atoms with Crippen molar-refractivity contribution in [1.82, 2.24) is 10.6 Å². The molecule has 0 aromatic heterocycles. The Kier molecular flexibility index (Phi) is 6.98. The van der Waals surface area contributed by atoms with Crippen molar-refractivity contribution in [3.63, 3.8) is 0 Å². The van der Waals surface area contributed by atoms with E-state index >= 15 is 0 Å². The summed E-state index contributed by atoms with van der Waals surface area (Å²) in [6.45, 7) is 6.90. The van der Waals surface area contributed by atoms with Crippen LogP contribution in [0.4, 0.5) is 5.69 Å². The van der Waals surface area contributed by atoms with E-state index in [4.69, 9.17) is 4.74 Å². The van der Waals surface area contributed by atoms with Gasteiger partial charge < -0.3 is 20.3 Å². The highest BCUT2D eigenvalue weighted by atomic mass is 16.5. The molecule has 0 fully saturated rings. The lowest BCUT2D eigenvalue weighted by atomic mass is 9.95. The van der Waals surface area contributed by atoms with Gasteiger partial charge in [-0.25, -0.2) is 0 Å². The van der Waals surface area contributed by atoms with E-state index in [-0.39, 0.29) is 30.4 Å². The molecule has 1 unspecified atom stereocenters. The zero-order valence-electron chi connectivity index (χ0n) is 18.2. The lowest BCUT2D eigenvalue weighted by molar-refractivity contribution is -0.120. The average molecular weight is 410 g/mol. The first-order chi connectivity index (χ1) is 14.4. The molecule has 0 bridgehead atoms. The molecule has 6 heteroatoms. The summed E-state index contributed by atoms with van der Waals surface area (Å²) in [5, 5.41) is 6.04. The number of anilines is 1. The maximum Gasteiger partial charge on any atom is 0.251 e. The van der Waals surface area contributed by atoms with E-state index in [9.17, 15) is 9.59 Å². The average Bonchev–Trinajstić information content (AvgIpc) is 2.72. The van der Waals surface area contributed by atoms with Gasteiger partial charge in [0.1, 0.15) is 5.75 Å². The summed E-state index contributed by atoms with van der Waals surface area (Å²) in [4.78, 5) is 27.5. The van der Waals surface area contributed by atoms with Crippen molar-refractivity contribution in [2.75, 3.05) is 25.1 Å². The Balaban J connectivity index is 1.73. The third-order valence-corrected chi connectivity index (χ3v) is 5.33. The van der Waals surface area contributed by atoms with Gasteiger partial charge in [0, 0.05) is 29.4 Å². The number of methoxy groups -OCH3 is 1. The predicted octanol–water partition coefficient (Wildman–Crippen LogP) is 3.46. The van der Waals surface area contributed by atoms with Gasteiger partial charge in [-0.3, -0.25) is 9.59 Å². The Morgan fingerprint density at radius 1 is 1.07 bits per heavy atom. The highest BCUT2D eigenvalue weighted by Crippen LogP contribution is 2.30. The molecule has 1 heterocycles. The molecular weight excluding hydrogens is 378 g/mol. The Bertz CT molecular complexity index is 910. The third-order valence-electron chi connectivity index (χ3n) is 5.33. The van der Waals surface area contributed by atoms with Crippen LogP contribution >= 0.6 is 0 Å². The van der Waals surface area contributed by atoms with Crippen molar-refractivity contribution < 1.29 is 14.3 Å². The van der Waals surface area contributed by atoms with Gasteiger partial charge in [0.2, 0.25) is 5.91 Å². The zero-order chi connectivity index (χ0) is 21.7. The predicted molar refractivity (Wildman–Crippen MR) is 119 cm³/mol. The fraction of sp³-hybridized carbons (Fsp3) is 0.417. The molecule has 3 rings (SSSR count). The largest absolute Gasteiger partial charge is 0.496 e. The smallest absolute Gasteiger partial charge is 0.251 e. The molecule has 2 aromatic carbocycles. The van der Waals surface area contributed by atoms with Gasteiger partial charge in [0.25, 0.3) is 5.91 Å². The number of carbonyl (C=O) groups is 2. The Labute approximate surface area is 178 Å². The summed E-state index contributed by atoms with van der Waals surface area (Å²) in [6, 6.07) is 13.4. The second-order valence-corrected chi connectivity index (χ2v) is 7.99. The van der Waals surface area contributed by atoms with Crippen LogP contribution in [0.5, 0.6) is 5.75 Å². The van der Waals surface area contributed by atoms with Crippen molar-refractivity contribution in [1.29, 1.82) is 0 Å². The van der Waals surface area contributed by atoms with Gasteiger partial charge in [-0.05, 0) is 57.4 Å². The van der Waals surface area contributed by atoms with Crippen LogP contribution in [0.2, 0.25) is 0 Å². The number of hydrogen-bond donors (Lipinski definition) is 2. The first kappa shape index (κ1) is 21.7. The Morgan fingerprint density at radius 3 is 2.57 bits per heavy atom. The number of benzene rings is 2. The van der Waals surface area contributed by atoms with Gasteiger partial charge in [0.15, 0.2) is 0 Å². The van der Waals surface area contributed by atoms with Crippen LogP contribution in [-0.2, 0) is 11.2 Å². The number of rotatable bonds is 7. The Hall–Kier alpha value is -3.02. The van der Waals surface area contributed by atoms with Gasteiger partial charge in [-0.2, -0.15) is 0 Å². The molecule has 0 saturated heterocycles. The minimum absolute atomic E-state index is 0.0571. The molecule has 0 aliphatic carbocycles. The monoisotopic (exact) mass is 409 g/mol. The maximum absolute atomic E-state index is 12.8. The molecule has 1 atom stereocenters. The van der Waals surface area contributed by atoms with Crippen molar-refractivity contribution in [2.24, 2.45) is 0 Å². The van der Waals surface area contributed by atoms with Gasteiger partial charge in [-0.1, -0.05) is 24.3 Å². The molecule has 2 N–H and O–H groups in total. The number of nitrogens with one attached hydrogen (secondary N) is 2. The minimum atomic E-state index is -0.166. The summed E-state index contributed by atoms with van der Waals surface area (Å²) in [7, 11) is 1.63. The van der Waals surface area contributed by atoms with Gasteiger partial charge >= 0.3 is 0 Å². The molecule has 160 valence electrons. The quantitative estimate of drug-likeness (QED) is 0.735. The highest BCUT2D eigenvalue weighted by Gasteiger charge is 2.24. The number of hydrogen-bond acceptors (Lipinski definition) is 4. The summed E-state index contributed by atoms with van der Waals surface area (Å²) in [6.07, 6.45) is 1.75. The second kappa shape index (κ2) is 9.65. The number of nitrogens with zero attached hydrogens (tertiary/aromatic N) is 1. The SMILES string of the molecule is COc1ccccc1C(C)NC(=O)CN1CCCc2c(C(=O)NC(C)C)cccc21. The van der Waals surface area contributed by atoms with Crippen molar-refractivity contribution >= 4 is 17.5 Å². The van der Waals surface area contributed by atoms with E-state index in [0.717, 1.165) is 42.0 Å². The first-order valence-corrected chi connectivity index (χ1v) is 10.5. The van der Waals surface area contributed by atoms with Crippen LogP contribution in [0, 0.1) is 0 Å². The van der Waals surface area contributed by atoms with E-state index < -0.39 is 0 Å². The van der Waals surface area contributed by atoms with Crippen LogP contribution in [0.25, 0.3) is 0 Å². The van der Waals surface area contributed by atoms with Crippen LogP contribution in [-0.4, -0.2) is 38.1 Å². The second-order valence-electron chi connectivity index (χ2n) is 7.99. The number of amides is 2. The summed E-state index contributed by atoms with van der Waals surface area (Å²) >= 11 is 0. The van der Waals surface area contributed by atoms with Crippen LogP contribution in [0.1, 0.15) is 54.7 Å². The lowest BCUT2D eigenvalue weighted by Gasteiger charge is -2.32. The highest BCUT2D eigenvalue weighted by molar-refractivity contribution is 5.97.